The van der Waals surface area contributed by atoms with E-state index in [9.17, 15) is 14.0 Å². The Labute approximate surface area is 183 Å². The van der Waals surface area contributed by atoms with E-state index in [4.69, 9.17) is 14.0 Å². The Bertz CT molecular complexity index is 852. The summed E-state index contributed by atoms with van der Waals surface area (Å²) in [5.41, 5.74) is -1.04. The standard InChI is InChI=1S/C22H32BFN2O5/c1-20(2,3)29-19(28)25-17-8-9-26(13-17)18(27)14-10-15(12-16(24)11-14)23-30-21(4,5)22(6,7)31-23/h10-12,17H,8-9,13H2,1-7H3,(H,25,28). The molecule has 1 aromatic rings. The number of carbonyl (C=O) groups is 2. The van der Waals surface area contributed by atoms with Gasteiger partial charge in [0.05, 0.1) is 17.2 Å². The summed E-state index contributed by atoms with van der Waals surface area (Å²) >= 11 is 0. The van der Waals surface area contributed by atoms with E-state index in [1.54, 1.807) is 31.7 Å². The second-order valence-corrected chi connectivity index (χ2v) is 10.2. The highest BCUT2D eigenvalue weighted by atomic mass is 19.1. The third-order valence-electron chi connectivity index (χ3n) is 5.89. The fourth-order valence-corrected chi connectivity index (χ4v) is 3.57. The van der Waals surface area contributed by atoms with Crippen molar-refractivity contribution in [3.05, 3.63) is 29.6 Å². The topological polar surface area (TPSA) is 77.1 Å². The molecule has 2 heterocycles. The van der Waals surface area contributed by atoms with Gasteiger partial charge in [-0.2, -0.15) is 0 Å². The Hall–Kier alpha value is -2.13. The first-order valence-electron chi connectivity index (χ1n) is 10.6. The molecule has 2 amide bonds. The van der Waals surface area contributed by atoms with E-state index in [1.165, 1.54) is 12.1 Å². The lowest BCUT2D eigenvalue weighted by Gasteiger charge is -2.32. The third kappa shape index (κ3) is 5.38. The molecule has 2 aliphatic rings. The van der Waals surface area contributed by atoms with Crippen molar-refractivity contribution in [1.82, 2.24) is 10.2 Å². The van der Waals surface area contributed by atoms with E-state index < -0.39 is 35.8 Å². The van der Waals surface area contributed by atoms with Crippen molar-refractivity contribution in [2.24, 2.45) is 0 Å². The maximum Gasteiger partial charge on any atom is 0.494 e. The number of rotatable bonds is 3. The predicted octanol–water partition coefficient (Wildman–Crippen LogP) is 2.86. The number of hydrogen-bond acceptors (Lipinski definition) is 5. The van der Waals surface area contributed by atoms with Gasteiger partial charge in [-0.3, -0.25) is 4.79 Å². The lowest BCUT2D eigenvalue weighted by molar-refractivity contribution is 0.00578. The van der Waals surface area contributed by atoms with Crippen molar-refractivity contribution in [3.8, 4) is 0 Å². The van der Waals surface area contributed by atoms with E-state index >= 15 is 0 Å². The van der Waals surface area contributed by atoms with Gasteiger partial charge in [-0.05, 0) is 78.5 Å². The first kappa shape index (κ1) is 23.5. The molecule has 3 rings (SSSR count). The molecule has 0 aromatic heterocycles. The Balaban J connectivity index is 1.68. The minimum atomic E-state index is -0.757. The van der Waals surface area contributed by atoms with Crippen LogP contribution < -0.4 is 10.8 Å². The third-order valence-corrected chi connectivity index (χ3v) is 5.89. The molecule has 0 saturated carbocycles. The summed E-state index contributed by atoms with van der Waals surface area (Å²) in [6.45, 7) is 13.8. The number of benzene rings is 1. The molecule has 9 heteroatoms. The molecule has 1 aromatic carbocycles. The Kier molecular flexibility index (Phi) is 6.14. The number of alkyl carbamates (subject to hydrolysis) is 1. The molecule has 2 fully saturated rings. The number of nitrogens with zero attached hydrogens (tertiary/aromatic N) is 1. The molecule has 0 spiro atoms. The second-order valence-electron chi connectivity index (χ2n) is 10.2. The van der Waals surface area contributed by atoms with Crippen LogP contribution in [0.15, 0.2) is 18.2 Å². The van der Waals surface area contributed by atoms with Gasteiger partial charge in [0, 0.05) is 18.7 Å². The molecule has 2 aliphatic heterocycles. The summed E-state index contributed by atoms with van der Waals surface area (Å²) in [5.74, 6) is -0.830. The van der Waals surface area contributed by atoms with Gasteiger partial charge < -0.3 is 24.3 Å². The first-order chi connectivity index (χ1) is 14.2. The molecule has 2 saturated heterocycles. The van der Waals surface area contributed by atoms with Gasteiger partial charge in [0.25, 0.3) is 5.91 Å². The number of nitrogens with one attached hydrogen (secondary N) is 1. The summed E-state index contributed by atoms with van der Waals surface area (Å²) in [6.07, 6.45) is 0.0882. The van der Waals surface area contributed by atoms with Gasteiger partial charge >= 0.3 is 13.2 Å². The second kappa shape index (κ2) is 8.09. The van der Waals surface area contributed by atoms with E-state index in [0.717, 1.165) is 0 Å². The molecule has 31 heavy (non-hydrogen) atoms. The van der Waals surface area contributed by atoms with Crippen molar-refractivity contribution < 1.29 is 28.0 Å². The van der Waals surface area contributed by atoms with Crippen LogP contribution in [-0.2, 0) is 14.0 Å². The number of ether oxygens (including phenoxy) is 1. The van der Waals surface area contributed by atoms with Crippen LogP contribution in [-0.4, -0.2) is 60.0 Å². The summed E-state index contributed by atoms with van der Waals surface area (Å²) in [5, 5.41) is 2.79. The van der Waals surface area contributed by atoms with Crippen molar-refractivity contribution in [2.75, 3.05) is 13.1 Å². The highest BCUT2D eigenvalue weighted by Crippen LogP contribution is 2.36. The summed E-state index contributed by atoms with van der Waals surface area (Å²) in [7, 11) is -0.757. The van der Waals surface area contributed by atoms with Crippen molar-refractivity contribution in [3.63, 3.8) is 0 Å². The van der Waals surface area contributed by atoms with Crippen LogP contribution >= 0.6 is 0 Å². The molecule has 1 unspecified atom stereocenters. The van der Waals surface area contributed by atoms with Crippen LogP contribution in [0.4, 0.5) is 9.18 Å². The number of likely N-dealkylation sites (tertiary alicyclic amines) is 1. The van der Waals surface area contributed by atoms with Gasteiger partial charge in [-0.25, -0.2) is 9.18 Å². The Morgan fingerprint density at radius 2 is 1.77 bits per heavy atom. The maximum absolute atomic E-state index is 14.4. The zero-order valence-electron chi connectivity index (χ0n) is 19.4. The lowest BCUT2D eigenvalue weighted by Crippen LogP contribution is -2.41. The van der Waals surface area contributed by atoms with Crippen LogP contribution in [0.1, 0.15) is 65.2 Å². The predicted molar refractivity (Wildman–Crippen MR) is 116 cm³/mol. The zero-order valence-corrected chi connectivity index (χ0v) is 19.4. The molecule has 0 bridgehead atoms. The largest absolute Gasteiger partial charge is 0.494 e. The van der Waals surface area contributed by atoms with E-state index in [-0.39, 0.29) is 17.5 Å². The smallest absolute Gasteiger partial charge is 0.444 e. The molecule has 0 radical (unpaired) electrons. The summed E-state index contributed by atoms with van der Waals surface area (Å²) in [6, 6.07) is 3.94. The Morgan fingerprint density at radius 3 is 2.35 bits per heavy atom. The maximum atomic E-state index is 14.4. The van der Waals surface area contributed by atoms with Crippen molar-refractivity contribution in [2.45, 2.75) is 77.7 Å². The molecule has 7 nitrogen and oxygen atoms in total. The van der Waals surface area contributed by atoms with Crippen LogP contribution in [0.3, 0.4) is 0 Å². The normalized spacial score (nSPS) is 22.5. The monoisotopic (exact) mass is 434 g/mol. The highest BCUT2D eigenvalue weighted by molar-refractivity contribution is 6.62. The van der Waals surface area contributed by atoms with Crippen LogP contribution in [0, 0.1) is 5.82 Å². The SMILES string of the molecule is CC(C)(C)OC(=O)NC1CCN(C(=O)c2cc(F)cc(B3OC(C)(C)C(C)(C)O3)c2)C1. The van der Waals surface area contributed by atoms with E-state index in [1.807, 2.05) is 27.7 Å². The molecular formula is C22H32BFN2O5. The molecule has 1 N–H and O–H groups in total. The number of amides is 2. The van der Waals surface area contributed by atoms with Crippen molar-refractivity contribution >= 4 is 24.6 Å². The average molecular weight is 434 g/mol. The first-order valence-corrected chi connectivity index (χ1v) is 10.6. The Morgan fingerprint density at radius 1 is 1.16 bits per heavy atom. The summed E-state index contributed by atoms with van der Waals surface area (Å²) < 4.78 is 31.6. The van der Waals surface area contributed by atoms with Crippen LogP contribution in [0.2, 0.25) is 0 Å². The van der Waals surface area contributed by atoms with Gasteiger partial charge in [0.1, 0.15) is 11.4 Å². The molecule has 1 atom stereocenters. The van der Waals surface area contributed by atoms with Crippen LogP contribution in [0.5, 0.6) is 0 Å². The zero-order chi connectivity index (χ0) is 23.2. The fraction of sp³-hybridized carbons (Fsp3) is 0.636. The van der Waals surface area contributed by atoms with Gasteiger partial charge in [0.15, 0.2) is 0 Å². The van der Waals surface area contributed by atoms with Gasteiger partial charge in [0.2, 0.25) is 0 Å². The van der Waals surface area contributed by atoms with Gasteiger partial charge in [-0.1, -0.05) is 0 Å². The summed E-state index contributed by atoms with van der Waals surface area (Å²) in [4.78, 5) is 26.6. The highest BCUT2D eigenvalue weighted by Gasteiger charge is 2.52. The molecule has 170 valence electrons. The van der Waals surface area contributed by atoms with E-state index in [2.05, 4.69) is 5.32 Å². The molecular weight excluding hydrogens is 402 g/mol. The van der Waals surface area contributed by atoms with Gasteiger partial charge in [-0.15, -0.1) is 0 Å². The van der Waals surface area contributed by atoms with Crippen LogP contribution in [0.25, 0.3) is 0 Å². The molecule has 0 aliphatic carbocycles. The lowest BCUT2D eigenvalue weighted by atomic mass is 9.78. The number of hydrogen-bond donors (Lipinski definition) is 1. The number of halogens is 1. The fourth-order valence-electron chi connectivity index (χ4n) is 3.57. The average Bonchev–Trinajstić information content (AvgIpc) is 3.13. The number of carbonyl (C=O) groups excluding carboxylic acids is 2. The minimum absolute atomic E-state index is 0.213. The minimum Gasteiger partial charge on any atom is -0.444 e. The van der Waals surface area contributed by atoms with E-state index in [0.29, 0.717) is 25.0 Å². The van der Waals surface area contributed by atoms with Crippen molar-refractivity contribution in [1.29, 1.82) is 0 Å². The quantitative estimate of drug-likeness (QED) is 0.741.